The van der Waals surface area contributed by atoms with Crippen LogP contribution in [0.2, 0.25) is 0 Å². The molecule has 0 saturated heterocycles. The molecule has 0 saturated carbocycles. The Morgan fingerprint density at radius 2 is 1.50 bits per heavy atom. The van der Waals surface area contributed by atoms with Crippen LogP contribution in [0.25, 0.3) is 0 Å². The lowest BCUT2D eigenvalue weighted by molar-refractivity contribution is 0.0993. The molecular formula is C16H17NO. The molecule has 0 aromatic heterocycles. The molecule has 0 spiro atoms. The highest BCUT2D eigenvalue weighted by Gasteiger charge is 2.06. The van der Waals surface area contributed by atoms with Crippen molar-refractivity contribution in [2.75, 3.05) is 5.73 Å². The number of nitrogen functional groups attached to an aromatic ring is 1. The van der Waals surface area contributed by atoms with Gasteiger partial charge in [0.25, 0.3) is 0 Å². The first-order chi connectivity index (χ1) is 8.69. The maximum atomic E-state index is 12.0. The lowest BCUT2D eigenvalue weighted by atomic mass is 10.0. The number of benzene rings is 2. The first-order valence-corrected chi connectivity index (χ1v) is 6.15. The molecule has 0 fully saturated rings. The van der Waals surface area contributed by atoms with Crippen molar-refractivity contribution in [1.82, 2.24) is 0 Å². The Labute approximate surface area is 107 Å². The van der Waals surface area contributed by atoms with Gasteiger partial charge in [0, 0.05) is 17.7 Å². The van der Waals surface area contributed by atoms with E-state index in [1.165, 1.54) is 5.56 Å². The molecule has 0 aliphatic heterocycles. The summed E-state index contributed by atoms with van der Waals surface area (Å²) in [6.45, 7) is 2.12. The van der Waals surface area contributed by atoms with Crippen LogP contribution in [-0.2, 0) is 12.8 Å². The fourth-order valence-corrected chi connectivity index (χ4v) is 1.85. The van der Waals surface area contributed by atoms with E-state index in [2.05, 4.69) is 19.1 Å². The zero-order valence-electron chi connectivity index (χ0n) is 10.5. The SMILES string of the molecule is CCc1ccc(CC(=O)c2ccc(N)cc2)cc1. The average Bonchev–Trinajstić information content (AvgIpc) is 2.40. The molecule has 2 aromatic carbocycles. The van der Waals surface area contributed by atoms with Crippen LogP contribution in [0.3, 0.4) is 0 Å². The minimum Gasteiger partial charge on any atom is -0.399 e. The minimum absolute atomic E-state index is 0.124. The molecule has 0 bridgehead atoms. The highest BCUT2D eigenvalue weighted by molar-refractivity contribution is 5.97. The van der Waals surface area contributed by atoms with Crippen molar-refractivity contribution in [3.8, 4) is 0 Å². The summed E-state index contributed by atoms with van der Waals surface area (Å²) in [5, 5.41) is 0. The summed E-state index contributed by atoms with van der Waals surface area (Å²) in [7, 11) is 0. The maximum Gasteiger partial charge on any atom is 0.167 e. The van der Waals surface area contributed by atoms with Crippen LogP contribution in [0.15, 0.2) is 48.5 Å². The standard InChI is InChI=1S/C16H17NO/c1-2-12-3-5-13(6-4-12)11-16(18)14-7-9-15(17)10-8-14/h3-10H,2,11,17H2,1H3. The second-order valence-electron chi connectivity index (χ2n) is 4.39. The van der Waals surface area contributed by atoms with Crippen molar-refractivity contribution in [3.63, 3.8) is 0 Å². The van der Waals surface area contributed by atoms with E-state index in [0.717, 1.165) is 12.0 Å². The van der Waals surface area contributed by atoms with Gasteiger partial charge in [0.15, 0.2) is 5.78 Å². The number of aryl methyl sites for hydroxylation is 1. The Balaban J connectivity index is 2.08. The normalized spacial score (nSPS) is 10.3. The van der Waals surface area contributed by atoms with Gasteiger partial charge in [-0.25, -0.2) is 0 Å². The third kappa shape index (κ3) is 2.98. The predicted octanol–water partition coefficient (Wildman–Crippen LogP) is 3.26. The Morgan fingerprint density at radius 1 is 0.944 bits per heavy atom. The second kappa shape index (κ2) is 5.50. The van der Waals surface area contributed by atoms with Gasteiger partial charge >= 0.3 is 0 Å². The van der Waals surface area contributed by atoms with E-state index in [1.54, 1.807) is 24.3 Å². The molecule has 0 heterocycles. The van der Waals surface area contributed by atoms with Crippen LogP contribution in [0.5, 0.6) is 0 Å². The fourth-order valence-electron chi connectivity index (χ4n) is 1.85. The molecule has 0 atom stereocenters. The predicted molar refractivity (Wildman–Crippen MR) is 74.7 cm³/mol. The molecule has 2 aromatic rings. The Kier molecular flexibility index (Phi) is 3.78. The number of hydrogen-bond acceptors (Lipinski definition) is 2. The summed E-state index contributed by atoms with van der Waals surface area (Å²) < 4.78 is 0. The Hall–Kier alpha value is -2.09. The largest absolute Gasteiger partial charge is 0.399 e. The van der Waals surface area contributed by atoms with Crippen LogP contribution in [-0.4, -0.2) is 5.78 Å². The first-order valence-electron chi connectivity index (χ1n) is 6.15. The van der Waals surface area contributed by atoms with E-state index < -0.39 is 0 Å². The van der Waals surface area contributed by atoms with Crippen molar-refractivity contribution in [1.29, 1.82) is 0 Å². The zero-order valence-corrected chi connectivity index (χ0v) is 10.5. The summed E-state index contributed by atoms with van der Waals surface area (Å²) in [6, 6.07) is 15.3. The summed E-state index contributed by atoms with van der Waals surface area (Å²) in [5.74, 6) is 0.124. The molecule has 0 aliphatic rings. The van der Waals surface area contributed by atoms with Crippen molar-refractivity contribution in [2.24, 2.45) is 0 Å². The monoisotopic (exact) mass is 239 g/mol. The van der Waals surface area contributed by atoms with Gasteiger partial charge < -0.3 is 5.73 Å². The molecule has 18 heavy (non-hydrogen) atoms. The summed E-state index contributed by atoms with van der Waals surface area (Å²) >= 11 is 0. The van der Waals surface area contributed by atoms with Gasteiger partial charge in [0.05, 0.1) is 0 Å². The Bertz CT molecular complexity index is 526. The van der Waals surface area contributed by atoms with Gasteiger partial charge in [-0.3, -0.25) is 4.79 Å². The average molecular weight is 239 g/mol. The molecule has 2 heteroatoms. The van der Waals surface area contributed by atoms with Crippen molar-refractivity contribution in [2.45, 2.75) is 19.8 Å². The lowest BCUT2D eigenvalue weighted by Crippen LogP contribution is -2.03. The highest BCUT2D eigenvalue weighted by atomic mass is 16.1. The zero-order chi connectivity index (χ0) is 13.0. The van der Waals surface area contributed by atoms with Gasteiger partial charge in [0.1, 0.15) is 0 Å². The number of carbonyl (C=O) groups excluding carboxylic acids is 1. The molecule has 0 radical (unpaired) electrons. The van der Waals surface area contributed by atoms with Gasteiger partial charge in [-0.1, -0.05) is 31.2 Å². The number of anilines is 1. The second-order valence-corrected chi connectivity index (χ2v) is 4.39. The van der Waals surface area contributed by atoms with E-state index in [4.69, 9.17) is 5.73 Å². The van der Waals surface area contributed by atoms with Crippen LogP contribution >= 0.6 is 0 Å². The molecule has 0 amide bonds. The quantitative estimate of drug-likeness (QED) is 0.657. The van der Waals surface area contributed by atoms with E-state index in [0.29, 0.717) is 17.7 Å². The highest BCUT2D eigenvalue weighted by Crippen LogP contribution is 2.11. The summed E-state index contributed by atoms with van der Waals surface area (Å²) in [6.07, 6.45) is 1.46. The number of carbonyl (C=O) groups is 1. The first kappa shape index (κ1) is 12.4. The number of ketones is 1. The number of rotatable bonds is 4. The summed E-state index contributed by atoms with van der Waals surface area (Å²) in [4.78, 5) is 12.0. The maximum absolute atomic E-state index is 12.0. The lowest BCUT2D eigenvalue weighted by Gasteiger charge is -2.03. The molecule has 0 aliphatic carbocycles. The third-order valence-corrected chi connectivity index (χ3v) is 3.03. The van der Waals surface area contributed by atoms with Gasteiger partial charge in [-0.05, 0) is 41.8 Å². The molecular weight excluding hydrogens is 222 g/mol. The number of Topliss-reactive ketones (excluding diaryl/α,β-unsaturated/α-hetero) is 1. The molecule has 0 unspecified atom stereocenters. The van der Waals surface area contributed by atoms with Crippen molar-refractivity contribution < 1.29 is 4.79 Å². The smallest absolute Gasteiger partial charge is 0.167 e. The van der Waals surface area contributed by atoms with Crippen LogP contribution in [0.1, 0.15) is 28.4 Å². The van der Waals surface area contributed by atoms with E-state index in [-0.39, 0.29) is 5.78 Å². The summed E-state index contributed by atoms with van der Waals surface area (Å²) in [5.41, 5.74) is 9.33. The van der Waals surface area contributed by atoms with E-state index in [9.17, 15) is 4.79 Å². The Morgan fingerprint density at radius 3 is 2.06 bits per heavy atom. The van der Waals surface area contributed by atoms with Crippen LogP contribution < -0.4 is 5.73 Å². The van der Waals surface area contributed by atoms with E-state index >= 15 is 0 Å². The number of hydrogen-bond donors (Lipinski definition) is 1. The third-order valence-electron chi connectivity index (χ3n) is 3.03. The minimum atomic E-state index is 0.124. The van der Waals surface area contributed by atoms with E-state index in [1.807, 2.05) is 12.1 Å². The van der Waals surface area contributed by atoms with Crippen LogP contribution in [0, 0.1) is 0 Å². The van der Waals surface area contributed by atoms with Crippen molar-refractivity contribution in [3.05, 3.63) is 65.2 Å². The topological polar surface area (TPSA) is 43.1 Å². The fraction of sp³-hybridized carbons (Fsp3) is 0.188. The molecule has 2 rings (SSSR count). The number of nitrogens with two attached hydrogens (primary N) is 1. The van der Waals surface area contributed by atoms with Crippen molar-refractivity contribution >= 4 is 11.5 Å². The molecule has 92 valence electrons. The van der Waals surface area contributed by atoms with Gasteiger partial charge in [0.2, 0.25) is 0 Å². The molecule has 2 N–H and O–H groups in total. The van der Waals surface area contributed by atoms with Crippen LogP contribution in [0.4, 0.5) is 5.69 Å². The molecule has 2 nitrogen and oxygen atoms in total. The van der Waals surface area contributed by atoms with Gasteiger partial charge in [-0.2, -0.15) is 0 Å². The van der Waals surface area contributed by atoms with Gasteiger partial charge in [-0.15, -0.1) is 0 Å².